The van der Waals surface area contributed by atoms with Gasteiger partial charge in [-0.15, -0.1) is 0 Å². The van der Waals surface area contributed by atoms with Crippen LogP contribution in [0, 0.1) is 13.8 Å². The third kappa shape index (κ3) is 2.79. The van der Waals surface area contributed by atoms with Gasteiger partial charge in [-0.2, -0.15) is 0 Å². The lowest BCUT2D eigenvalue weighted by Crippen LogP contribution is -1.96. The molecule has 3 N–H and O–H groups in total. The summed E-state index contributed by atoms with van der Waals surface area (Å²) < 4.78 is 0.987. The third-order valence-electron chi connectivity index (χ3n) is 2.77. The van der Waals surface area contributed by atoms with E-state index in [9.17, 15) is 0 Å². The Morgan fingerprint density at radius 2 is 1.78 bits per heavy atom. The highest BCUT2D eigenvalue weighted by Gasteiger charge is 2.06. The van der Waals surface area contributed by atoms with E-state index in [2.05, 4.69) is 21.2 Å². The maximum absolute atomic E-state index is 6.14. The summed E-state index contributed by atoms with van der Waals surface area (Å²) >= 11 is 9.67. The number of nitrogens with two attached hydrogens (primary N) is 1. The molecule has 0 aliphatic rings. The van der Waals surface area contributed by atoms with Crippen LogP contribution in [0.5, 0.6) is 0 Å². The van der Waals surface area contributed by atoms with Crippen molar-refractivity contribution in [3.8, 4) is 0 Å². The first-order valence-corrected chi connectivity index (χ1v) is 6.73. The van der Waals surface area contributed by atoms with Gasteiger partial charge in [-0.05, 0) is 71.2 Å². The molecule has 0 aliphatic heterocycles. The second kappa shape index (κ2) is 5.21. The van der Waals surface area contributed by atoms with Crippen LogP contribution < -0.4 is 11.1 Å². The summed E-state index contributed by atoms with van der Waals surface area (Å²) in [5, 5.41) is 4.09. The smallest absolute Gasteiger partial charge is 0.0543 e. The van der Waals surface area contributed by atoms with Crippen molar-refractivity contribution < 1.29 is 0 Å². The van der Waals surface area contributed by atoms with Crippen LogP contribution in [0.25, 0.3) is 0 Å². The Hall–Kier alpha value is -1.19. The molecule has 4 heteroatoms. The van der Waals surface area contributed by atoms with Crippen molar-refractivity contribution in [1.82, 2.24) is 0 Å². The molecule has 2 aromatic rings. The quantitative estimate of drug-likeness (QED) is 0.759. The van der Waals surface area contributed by atoms with Crippen LogP contribution in [-0.2, 0) is 0 Å². The van der Waals surface area contributed by atoms with E-state index in [1.807, 2.05) is 44.2 Å². The molecule has 0 bridgehead atoms. The topological polar surface area (TPSA) is 38.0 Å². The van der Waals surface area contributed by atoms with Crippen LogP contribution in [-0.4, -0.2) is 0 Å². The molecular formula is C14H14BrClN2. The van der Waals surface area contributed by atoms with Crippen LogP contribution in [0.3, 0.4) is 0 Å². The Morgan fingerprint density at radius 3 is 2.44 bits per heavy atom. The van der Waals surface area contributed by atoms with Gasteiger partial charge < -0.3 is 11.1 Å². The lowest BCUT2D eigenvalue weighted by atomic mass is 10.1. The Balaban J connectivity index is 2.37. The fourth-order valence-corrected chi connectivity index (χ4v) is 2.43. The standard InChI is InChI=1S/C14H14BrClN2/c1-8-6-11(15)14(7-12(8)16)18-13-4-3-10(17)5-9(13)2/h3-7,18H,17H2,1-2H3. The number of hydrogen-bond acceptors (Lipinski definition) is 2. The fourth-order valence-electron chi connectivity index (χ4n) is 1.71. The number of anilines is 3. The van der Waals surface area contributed by atoms with Gasteiger partial charge in [-0.3, -0.25) is 0 Å². The van der Waals surface area contributed by atoms with Crippen molar-refractivity contribution in [3.63, 3.8) is 0 Å². The molecule has 2 aromatic carbocycles. The van der Waals surface area contributed by atoms with E-state index in [1.165, 1.54) is 0 Å². The second-order valence-corrected chi connectivity index (χ2v) is 5.54. The van der Waals surface area contributed by atoms with Crippen LogP contribution in [0.4, 0.5) is 17.1 Å². The van der Waals surface area contributed by atoms with Gasteiger partial charge in [0.15, 0.2) is 0 Å². The molecule has 0 unspecified atom stereocenters. The van der Waals surface area contributed by atoms with Gasteiger partial charge in [0.25, 0.3) is 0 Å². The second-order valence-electron chi connectivity index (χ2n) is 4.28. The normalized spacial score (nSPS) is 10.4. The highest BCUT2D eigenvalue weighted by atomic mass is 79.9. The number of aryl methyl sites for hydroxylation is 2. The van der Waals surface area contributed by atoms with Crippen molar-refractivity contribution in [2.24, 2.45) is 0 Å². The van der Waals surface area contributed by atoms with Gasteiger partial charge in [-0.1, -0.05) is 11.6 Å². The zero-order valence-electron chi connectivity index (χ0n) is 10.2. The highest BCUT2D eigenvalue weighted by molar-refractivity contribution is 9.10. The minimum Gasteiger partial charge on any atom is -0.399 e. The van der Waals surface area contributed by atoms with Gasteiger partial charge in [0.1, 0.15) is 0 Å². The van der Waals surface area contributed by atoms with Crippen molar-refractivity contribution >= 4 is 44.6 Å². The molecule has 0 saturated carbocycles. The summed E-state index contributed by atoms with van der Waals surface area (Å²) in [6.45, 7) is 3.99. The minimum atomic E-state index is 0.744. The van der Waals surface area contributed by atoms with Gasteiger partial charge >= 0.3 is 0 Å². The molecule has 0 fully saturated rings. The average Bonchev–Trinajstić information content (AvgIpc) is 2.29. The van der Waals surface area contributed by atoms with Crippen molar-refractivity contribution in [2.75, 3.05) is 11.1 Å². The van der Waals surface area contributed by atoms with Crippen LogP contribution >= 0.6 is 27.5 Å². The molecule has 0 heterocycles. The summed E-state index contributed by atoms with van der Waals surface area (Å²) in [5.74, 6) is 0. The molecule has 0 amide bonds. The molecule has 2 nitrogen and oxygen atoms in total. The van der Waals surface area contributed by atoms with Gasteiger partial charge in [0.2, 0.25) is 0 Å². The van der Waals surface area contributed by atoms with E-state index < -0.39 is 0 Å². The number of benzene rings is 2. The number of rotatable bonds is 2. The predicted molar refractivity (Wildman–Crippen MR) is 82.8 cm³/mol. The van der Waals surface area contributed by atoms with Crippen LogP contribution in [0.2, 0.25) is 5.02 Å². The number of hydrogen-bond donors (Lipinski definition) is 2. The number of halogens is 2. The SMILES string of the molecule is Cc1cc(Br)c(Nc2ccc(N)cc2C)cc1Cl. The lowest BCUT2D eigenvalue weighted by Gasteiger charge is -2.13. The van der Waals surface area contributed by atoms with Gasteiger partial charge in [0.05, 0.1) is 5.69 Å². The van der Waals surface area contributed by atoms with Crippen LogP contribution in [0.15, 0.2) is 34.8 Å². The molecule has 0 saturated heterocycles. The van der Waals surface area contributed by atoms with E-state index in [0.29, 0.717) is 0 Å². The van der Waals surface area contributed by atoms with Gasteiger partial charge in [-0.25, -0.2) is 0 Å². The largest absolute Gasteiger partial charge is 0.399 e. The zero-order chi connectivity index (χ0) is 13.3. The summed E-state index contributed by atoms with van der Waals surface area (Å²) in [4.78, 5) is 0. The molecule has 0 radical (unpaired) electrons. The monoisotopic (exact) mass is 324 g/mol. The Bertz CT molecular complexity index is 597. The highest BCUT2D eigenvalue weighted by Crippen LogP contribution is 2.32. The van der Waals surface area contributed by atoms with Gasteiger partial charge in [0, 0.05) is 20.9 Å². The average molecular weight is 326 g/mol. The Labute approximate surface area is 120 Å². The molecule has 94 valence electrons. The maximum atomic E-state index is 6.14. The first-order chi connectivity index (χ1) is 8.47. The molecular weight excluding hydrogens is 312 g/mol. The predicted octanol–water partition coefficient (Wildman–Crippen LogP) is 5.05. The maximum Gasteiger partial charge on any atom is 0.0543 e. The first kappa shape index (κ1) is 13.2. The molecule has 0 atom stereocenters. The summed E-state index contributed by atoms with van der Waals surface area (Å²) in [7, 11) is 0. The van der Waals surface area contributed by atoms with E-state index in [4.69, 9.17) is 17.3 Å². The molecule has 18 heavy (non-hydrogen) atoms. The Kier molecular flexibility index (Phi) is 3.83. The molecule has 0 spiro atoms. The zero-order valence-corrected chi connectivity index (χ0v) is 12.6. The third-order valence-corrected chi connectivity index (χ3v) is 3.83. The van der Waals surface area contributed by atoms with E-state index in [0.717, 1.165) is 37.7 Å². The van der Waals surface area contributed by atoms with E-state index >= 15 is 0 Å². The molecule has 0 aliphatic carbocycles. The van der Waals surface area contributed by atoms with E-state index in [-0.39, 0.29) is 0 Å². The summed E-state index contributed by atoms with van der Waals surface area (Å²) in [6.07, 6.45) is 0. The molecule has 0 aromatic heterocycles. The fraction of sp³-hybridized carbons (Fsp3) is 0.143. The van der Waals surface area contributed by atoms with Crippen molar-refractivity contribution in [2.45, 2.75) is 13.8 Å². The number of nitrogens with one attached hydrogen (secondary N) is 1. The Morgan fingerprint density at radius 1 is 1.06 bits per heavy atom. The summed E-state index contributed by atoms with van der Waals surface area (Å²) in [6, 6.07) is 9.68. The lowest BCUT2D eigenvalue weighted by molar-refractivity contribution is 1.40. The number of nitrogen functional groups attached to an aromatic ring is 1. The van der Waals surface area contributed by atoms with E-state index in [1.54, 1.807) is 0 Å². The first-order valence-electron chi connectivity index (χ1n) is 5.56. The molecule has 2 rings (SSSR count). The minimum absolute atomic E-state index is 0.744. The summed E-state index contributed by atoms with van der Waals surface area (Å²) in [5.41, 5.74) is 10.6. The van der Waals surface area contributed by atoms with Crippen molar-refractivity contribution in [1.29, 1.82) is 0 Å². The van der Waals surface area contributed by atoms with Crippen LogP contribution in [0.1, 0.15) is 11.1 Å². The van der Waals surface area contributed by atoms with Crippen molar-refractivity contribution in [3.05, 3.63) is 51.0 Å².